The normalized spacial score (nSPS) is 15.1. The Hall–Kier alpha value is -3.32. The van der Waals surface area contributed by atoms with Crippen LogP contribution in [0.1, 0.15) is 61.9 Å². The van der Waals surface area contributed by atoms with Crippen molar-refractivity contribution in [2.75, 3.05) is 20.2 Å². The molecule has 2 amide bonds. The van der Waals surface area contributed by atoms with Crippen LogP contribution in [-0.4, -0.2) is 46.5 Å². The highest BCUT2D eigenvalue weighted by molar-refractivity contribution is 6.30. The largest absolute Gasteiger partial charge is 0.497 e. The topological polar surface area (TPSA) is 90.4 Å². The molecule has 0 bridgehead atoms. The van der Waals surface area contributed by atoms with Crippen molar-refractivity contribution in [3.05, 3.63) is 82.9 Å². The second kappa shape index (κ2) is 12.5. The van der Waals surface area contributed by atoms with Crippen LogP contribution in [0.2, 0.25) is 5.02 Å². The smallest absolute Gasteiger partial charge is 0.246 e. The molecule has 0 unspecified atom stereocenters. The van der Waals surface area contributed by atoms with Crippen LogP contribution in [0.25, 0.3) is 0 Å². The molecule has 202 valence electrons. The van der Waals surface area contributed by atoms with E-state index in [1.165, 1.54) is 12.0 Å². The Labute approximate surface area is 229 Å². The molecule has 2 heterocycles. The van der Waals surface area contributed by atoms with Crippen molar-refractivity contribution in [3.63, 3.8) is 0 Å². The SMILES string of the molecule is CCCCCC1(c2ccc(Cl)cc2)CN(C(=O)[C@@H](Cc2ccc(OC)cc2)n2cnc(CCC(N)=O)c2)C1. The maximum atomic E-state index is 14.0. The Balaban J connectivity index is 1.56. The minimum atomic E-state index is -0.447. The second-order valence-corrected chi connectivity index (χ2v) is 10.7. The highest BCUT2D eigenvalue weighted by atomic mass is 35.5. The van der Waals surface area contributed by atoms with Crippen LogP contribution in [0.4, 0.5) is 0 Å². The monoisotopic (exact) mass is 536 g/mol. The van der Waals surface area contributed by atoms with E-state index in [4.69, 9.17) is 22.1 Å². The van der Waals surface area contributed by atoms with Gasteiger partial charge in [0, 0.05) is 42.6 Å². The number of aromatic nitrogens is 2. The van der Waals surface area contributed by atoms with E-state index in [0.717, 1.165) is 41.3 Å². The number of amides is 2. The van der Waals surface area contributed by atoms with Gasteiger partial charge < -0.3 is 19.9 Å². The lowest BCUT2D eigenvalue weighted by Crippen LogP contribution is -2.62. The van der Waals surface area contributed by atoms with E-state index in [2.05, 4.69) is 24.0 Å². The summed E-state index contributed by atoms with van der Waals surface area (Å²) in [6.07, 6.45) is 9.24. The first-order valence-electron chi connectivity index (χ1n) is 13.3. The maximum absolute atomic E-state index is 14.0. The summed E-state index contributed by atoms with van der Waals surface area (Å²) in [5.41, 5.74) is 8.28. The maximum Gasteiger partial charge on any atom is 0.246 e. The van der Waals surface area contributed by atoms with E-state index in [1.807, 2.05) is 52.1 Å². The molecule has 7 nitrogen and oxygen atoms in total. The molecular formula is C30H37ClN4O3. The van der Waals surface area contributed by atoms with Crippen LogP contribution < -0.4 is 10.5 Å². The number of aryl methyl sites for hydroxylation is 1. The molecule has 1 fully saturated rings. The molecular weight excluding hydrogens is 500 g/mol. The number of halogens is 1. The summed E-state index contributed by atoms with van der Waals surface area (Å²) in [5, 5.41) is 0.719. The Morgan fingerprint density at radius 1 is 1.11 bits per heavy atom. The van der Waals surface area contributed by atoms with Gasteiger partial charge in [-0.05, 0) is 48.2 Å². The lowest BCUT2D eigenvalue weighted by Gasteiger charge is -2.52. The number of unbranched alkanes of at least 4 members (excludes halogenated alkanes) is 2. The average molecular weight is 537 g/mol. The van der Waals surface area contributed by atoms with Gasteiger partial charge >= 0.3 is 0 Å². The number of ether oxygens (including phenoxy) is 1. The van der Waals surface area contributed by atoms with Crippen molar-refractivity contribution in [1.29, 1.82) is 0 Å². The first kappa shape index (κ1) is 27.7. The highest BCUT2D eigenvalue weighted by Gasteiger charge is 2.47. The zero-order valence-electron chi connectivity index (χ0n) is 22.2. The quantitative estimate of drug-likeness (QED) is 0.307. The first-order chi connectivity index (χ1) is 18.3. The van der Waals surface area contributed by atoms with E-state index in [-0.39, 0.29) is 23.7 Å². The Kier molecular flexibility index (Phi) is 9.10. The molecule has 38 heavy (non-hydrogen) atoms. The van der Waals surface area contributed by atoms with E-state index in [0.29, 0.717) is 25.9 Å². The summed E-state index contributed by atoms with van der Waals surface area (Å²) < 4.78 is 7.17. The molecule has 8 heteroatoms. The van der Waals surface area contributed by atoms with Crippen molar-refractivity contribution in [2.45, 2.75) is 63.3 Å². The number of imidazole rings is 1. The van der Waals surface area contributed by atoms with Gasteiger partial charge in [-0.1, -0.05) is 62.1 Å². The van der Waals surface area contributed by atoms with E-state index < -0.39 is 6.04 Å². The molecule has 1 saturated heterocycles. The summed E-state index contributed by atoms with van der Waals surface area (Å²) in [4.78, 5) is 31.7. The van der Waals surface area contributed by atoms with Crippen molar-refractivity contribution >= 4 is 23.4 Å². The number of benzene rings is 2. The van der Waals surface area contributed by atoms with Gasteiger partial charge in [0.25, 0.3) is 0 Å². The zero-order valence-corrected chi connectivity index (χ0v) is 23.0. The molecule has 2 N–H and O–H groups in total. The molecule has 0 radical (unpaired) electrons. The van der Waals surface area contributed by atoms with Gasteiger partial charge in [-0.25, -0.2) is 4.98 Å². The molecule has 1 aliphatic heterocycles. The second-order valence-electron chi connectivity index (χ2n) is 10.3. The van der Waals surface area contributed by atoms with E-state index >= 15 is 0 Å². The highest BCUT2D eigenvalue weighted by Crippen LogP contribution is 2.41. The lowest BCUT2D eigenvalue weighted by molar-refractivity contribution is -0.143. The van der Waals surface area contributed by atoms with Crippen LogP contribution in [-0.2, 0) is 27.8 Å². The number of nitrogens with zero attached hydrogens (tertiary/aromatic N) is 3. The fourth-order valence-electron chi connectivity index (χ4n) is 5.29. The predicted molar refractivity (Wildman–Crippen MR) is 149 cm³/mol. The third-order valence-corrected chi connectivity index (χ3v) is 7.78. The molecule has 1 aromatic heterocycles. The Morgan fingerprint density at radius 3 is 2.45 bits per heavy atom. The molecule has 3 aromatic rings. The molecule has 1 aliphatic rings. The third-order valence-electron chi connectivity index (χ3n) is 7.53. The van der Waals surface area contributed by atoms with Gasteiger partial charge in [-0.3, -0.25) is 9.59 Å². The predicted octanol–water partition coefficient (Wildman–Crippen LogP) is 5.11. The number of hydrogen-bond donors (Lipinski definition) is 1. The van der Waals surface area contributed by atoms with Crippen LogP contribution in [0.5, 0.6) is 5.75 Å². The van der Waals surface area contributed by atoms with Gasteiger partial charge in [0.15, 0.2) is 0 Å². The van der Waals surface area contributed by atoms with Crippen molar-refractivity contribution in [3.8, 4) is 5.75 Å². The van der Waals surface area contributed by atoms with Gasteiger partial charge in [0.1, 0.15) is 11.8 Å². The summed E-state index contributed by atoms with van der Waals surface area (Å²) in [6.45, 7) is 3.57. The van der Waals surface area contributed by atoms with Crippen LogP contribution >= 0.6 is 11.6 Å². The molecule has 2 aromatic carbocycles. The van der Waals surface area contributed by atoms with Gasteiger partial charge in [-0.2, -0.15) is 0 Å². The average Bonchev–Trinajstić information content (AvgIpc) is 3.37. The van der Waals surface area contributed by atoms with Crippen LogP contribution in [0.15, 0.2) is 61.1 Å². The number of carbonyl (C=O) groups excluding carboxylic acids is 2. The number of methoxy groups -OCH3 is 1. The Morgan fingerprint density at radius 2 is 1.82 bits per heavy atom. The molecule has 0 spiro atoms. The lowest BCUT2D eigenvalue weighted by atomic mass is 9.70. The number of primary amides is 1. The number of rotatable bonds is 13. The van der Waals surface area contributed by atoms with Crippen molar-refractivity contribution in [2.24, 2.45) is 5.73 Å². The van der Waals surface area contributed by atoms with Gasteiger partial charge in [0.05, 0.1) is 19.1 Å². The Bertz CT molecular complexity index is 1220. The fourth-order valence-corrected chi connectivity index (χ4v) is 5.41. The summed E-state index contributed by atoms with van der Waals surface area (Å²) in [5.74, 6) is 0.475. The first-order valence-corrected chi connectivity index (χ1v) is 13.7. The summed E-state index contributed by atoms with van der Waals surface area (Å²) in [6, 6.07) is 15.4. The number of hydrogen-bond acceptors (Lipinski definition) is 4. The van der Waals surface area contributed by atoms with Crippen LogP contribution in [0, 0.1) is 0 Å². The van der Waals surface area contributed by atoms with E-state index in [9.17, 15) is 9.59 Å². The van der Waals surface area contributed by atoms with Gasteiger partial charge in [0.2, 0.25) is 11.8 Å². The fraction of sp³-hybridized carbons (Fsp3) is 0.433. The third kappa shape index (κ3) is 6.57. The summed E-state index contributed by atoms with van der Waals surface area (Å²) in [7, 11) is 1.64. The zero-order chi connectivity index (χ0) is 27.1. The number of carbonyl (C=O) groups is 2. The summed E-state index contributed by atoms with van der Waals surface area (Å²) >= 11 is 6.17. The number of nitrogens with two attached hydrogens (primary N) is 1. The molecule has 1 atom stereocenters. The van der Waals surface area contributed by atoms with E-state index in [1.54, 1.807) is 13.4 Å². The van der Waals surface area contributed by atoms with Crippen LogP contribution in [0.3, 0.4) is 0 Å². The standard InChI is InChI=1S/C30H37ClN4O3/c1-3-4-5-16-30(23-8-10-24(31)11-9-23)19-35(20-30)29(37)27(17-22-6-13-26(38-2)14-7-22)34-18-25(33-21-34)12-15-28(32)36/h6-11,13-14,18,21,27H,3-5,12,15-17,19-20H2,1-2H3,(H2,32,36)/t27-/m1/s1. The molecule has 0 aliphatic carbocycles. The van der Waals surface area contributed by atoms with Gasteiger partial charge in [-0.15, -0.1) is 0 Å². The minimum absolute atomic E-state index is 0.0539. The van der Waals surface area contributed by atoms with Crippen molar-refractivity contribution < 1.29 is 14.3 Å². The number of likely N-dealkylation sites (tertiary alicyclic amines) is 1. The molecule has 0 saturated carbocycles. The minimum Gasteiger partial charge on any atom is -0.497 e. The van der Waals surface area contributed by atoms with Crippen molar-refractivity contribution in [1.82, 2.24) is 14.5 Å². The molecule has 4 rings (SSSR count).